The molecule has 2 saturated heterocycles. The number of carbonyl (C=O) groups is 1. The molecule has 0 bridgehead atoms. The van der Waals surface area contributed by atoms with Crippen molar-refractivity contribution in [3.63, 3.8) is 0 Å². The summed E-state index contributed by atoms with van der Waals surface area (Å²) in [4.78, 5) is 29.0. The Kier molecular flexibility index (Phi) is 4.82. The van der Waals surface area contributed by atoms with Crippen LogP contribution in [0.1, 0.15) is 31.7 Å². The number of aromatic nitrogens is 4. The fourth-order valence-corrected chi connectivity index (χ4v) is 4.30. The molecule has 0 aliphatic carbocycles. The quantitative estimate of drug-likeness (QED) is 0.768. The van der Waals surface area contributed by atoms with Gasteiger partial charge in [-0.1, -0.05) is 0 Å². The molecule has 2 aromatic heterocycles. The molecule has 2 aliphatic heterocycles. The fourth-order valence-electron chi connectivity index (χ4n) is 4.30. The smallest absolute Gasteiger partial charge is 0.266 e. The topological polar surface area (TPSA) is 76.3 Å². The Hall–Kier alpha value is -2.48. The Bertz CT molecular complexity index is 940. The van der Waals surface area contributed by atoms with Crippen LogP contribution in [0.3, 0.4) is 0 Å². The largest absolute Gasteiger partial charge is 0.339 e. The molecule has 8 heteroatoms. The number of likely N-dealkylation sites (tertiary alicyclic amines) is 2. The SMILES string of the molecule is Cc1cc(C)n(-c2ccc(=O)n(CC3CN(C4CCN(C(C)C)C4=O)C3)n2)n1. The van der Waals surface area contributed by atoms with E-state index in [0.717, 1.165) is 37.4 Å². The maximum absolute atomic E-state index is 12.5. The number of rotatable bonds is 5. The monoisotopic (exact) mass is 384 g/mol. The molecule has 2 fully saturated rings. The second kappa shape index (κ2) is 7.16. The lowest BCUT2D eigenvalue weighted by atomic mass is 9.97. The van der Waals surface area contributed by atoms with Crippen LogP contribution in [-0.2, 0) is 11.3 Å². The van der Waals surface area contributed by atoms with Gasteiger partial charge in [0.15, 0.2) is 5.82 Å². The van der Waals surface area contributed by atoms with Crippen LogP contribution >= 0.6 is 0 Å². The minimum Gasteiger partial charge on any atom is -0.339 e. The van der Waals surface area contributed by atoms with Gasteiger partial charge in [-0.25, -0.2) is 9.36 Å². The minimum absolute atomic E-state index is 0.00404. The van der Waals surface area contributed by atoms with E-state index in [1.807, 2.05) is 24.8 Å². The molecule has 0 N–H and O–H groups in total. The van der Waals surface area contributed by atoms with Crippen molar-refractivity contribution in [2.45, 2.75) is 52.7 Å². The van der Waals surface area contributed by atoms with Crippen LogP contribution in [0, 0.1) is 19.8 Å². The lowest BCUT2D eigenvalue weighted by Crippen LogP contribution is -2.56. The van der Waals surface area contributed by atoms with Gasteiger partial charge in [0.2, 0.25) is 5.91 Å². The Morgan fingerprint density at radius 3 is 2.50 bits per heavy atom. The van der Waals surface area contributed by atoms with Crippen LogP contribution < -0.4 is 5.56 Å². The molecule has 2 aromatic rings. The van der Waals surface area contributed by atoms with Gasteiger partial charge in [0.25, 0.3) is 5.56 Å². The van der Waals surface area contributed by atoms with E-state index < -0.39 is 0 Å². The molecule has 0 spiro atoms. The van der Waals surface area contributed by atoms with Crippen molar-refractivity contribution in [3.8, 4) is 5.82 Å². The molecule has 150 valence electrons. The first kappa shape index (κ1) is 18.9. The highest BCUT2D eigenvalue weighted by Gasteiger charge is 2.42. The highest BCUT2D eigenvalue weighted by Crippen LogP contribution is 2.27. The van der Waals surface area contributed by atoms with Crippen molar-refractivity contribution in [2.24, 2.45) is 5.92 Å². The molecule has 0 aromatic carbocycles. The normalized spacial score (nSPS) is 21.0. The second-order valence-electron chi connectivity index (χ2n) is 8.30. The predicted octanol–water partition coefficient (Wildman–Crippen LogP) is 0.987. The molecule has 8 nitrogen and oxygen atoms in total. The molecule has 1 atom stereocenters. The van der Waals surface area contributed by atoms with E-state index in [1.165, 1.54) is 4.68 Å². The molecule has 1 unspecified atom stereocenters. The van der Waals surface area contributed by atoms with Gasteiger partial charge in [-0.3, -0.25) is 14.5 Å². The summed E-state index contributed by atoms with van der Waals surface area (Å²) < 4.78 is 3.29. The summed E-state index contributed by atoms with van der Waals surface area (Å²) in [5.41, 5.74) is 1.80. The molecular formula is C20H28N6O2. The van der Waals surface area contributed by atoms with Crippen LogP contribution in [0.2, 0.25) is 0 Å². The zero-order chi connectivity index (χ0) is 20.0. The second-order valence-corrected chi connectivity index (χ2v) is 8.30. The summed E-state index contributed by atoms with van der Waals surface area (Å²) in [6, 6.07) is 5.51. The minimum atomic E-state index is -0.105. The molecular weight excluding hydrogens is 356 g/mol. The zero-order valence-electron chi connectivity index (χ0n) is 17.0. The highest BCUT2D eigenvalue weighted by molar-refractivity contribution is 5.84. The number of amides is 1. The van der Waals surface area contributed by atoms with Crippen molar-refractivity contribution >= 4 is 5.91 Å². The summed E-state index contributed by atoms with van der Waals surface area (Å²) in [6.07, 6.45) is 0.898. The van der Waals surface area contributed by atoms with E-state index in [2.05, 4.69) is 28.9 Å². The third-order valence-electron chi connectivity index (χ3n) is 5.77. The lowest BCUT2D eigenvalue weighted by Gasteiger charge is -2.42. The number of nitrogens with zero attached hydrogens (tertiary/aromatic N) is 6. The number of aryl methyl sites for hydroxylation is 2. The van der Waals surface area contributed by atoms with E-state index in [9.17, 15) is 9.59 Å². The maximum atomic E-state index is 12.5. The van der Waals surface area contributed by atoms with Crippen LogP contribution in [0.4, 0.5) is 0 Å². The molecule has 28 heavy (non-hydrogen) atoms. The van der Waals surface area contributed by atoms with Crippen LogP contribution in [0.15, 0.2) is 23.0 Å². The van der Waals surface area contributed by atoms with Gasteiger partial charge in [0.05, 0.1) is 18.3 Å². The summed E-state index contributed by atoms with van der Waals surface area (Å²) in [5, 5.41) is 8.97. The highest BCUT2D eigenvalue weighted by atomic mass is 16.2. The van der Waals surface area contributed by atoms with Crippen LogP contribution in [0.5, 0.6) is 0 Å². The van der Waals surface area contributed by atoms with Crippen molar-refractivity contribution in [3.05, 3.63) is 39.9 Å². The summed E-state index contributed by atoms with van der Waals surface area (Å²) in [6.45, 7) is 11.1. The standard InChI is InChI=1S/C20H28N6O2/c1-13(2)24-8-7-17(20(24)28)23-10-16(11-23)12-25-19(27)6-5-18(22-25)26-15(4)9-14(3)21-26/h5-6,9,13,16-17H,7-8,10-12H2,1-4H3. The first-order valence-electron chi connectivity index (χ1n) is 10.00. The third-order valence-corrected chi connectivity index (χ3v) is 5.77. The van der Waals surface area contributed by atoms with E-state index in [1.54, 1.807) is 16.8 Å². The first-order chi connectivity index (χ1) is 13.3. The first-order valence-corrected chi connectivity index (χ1v) is 10.00. The lowest BCUT2D eigenvalue weighted by molar-refractivity contribution is -0.135. The Labute approximate surface area is 164 Å². The average Bonchev–Trinajstić information content (AvgIpc) is 3.14. The van der Waals surface area contributed by atoms with Gasteiger partial charge in [-0.2, -0.15) is 5.10 Å². The van der Waals surface area contributed by atoms with Gasteiger partial charge in [0, 0.05) is 43.4 Å². The van der Waals surface area contributed by atoms with Gasteiger partial charge >= 0.3 is 0 Å². The molecule has 2 aliphatic rings. The summed E-state index contributed by atoms with van der Waals surface area (Å²) in [7, 11) is 0. The Morgan fingerprint density at radius 2 is 1.89 bits per heavy atom. The molecule has 4 rings (SSSR count). The van der Waals surface area contributed by atoms with Gasteiger partial charge in [0.1, 0.15) is 0 Å². The van der Waals surface area contributed by atoms with Crippen molar-refractivity contribution in [1.29, 1.82) is 0 Å². The number of carbonyl (C=O) groups excluding carboxylic acids is 1. The van der Waals surface area contributed by atoms with Crippen molar-refractivity contribution < 1.29 is 4.79 Å². The van der Waals surface area contributed by atoms with E-state index >= 15 is 0 Å². The average molecular weight is 384 g/mol. The number of hydrogen-bond acceptors (Lipinski definition) is 5. The van der Waals surface area contributed by atoms with Crippen LogP contribution in [-0.4, -0.2) is 67.0 Å². The van der Waals surface area contributed by atoms with Gasteiger partial charge in [-0.05, 0) is 46.2 Å². The van der Waals surface area contributed by atoms with Crippen molar-refractivity contribution in [2.75, 3.05) is 19.6 Å². The van der Waals surface area contributed by atoms with E-state index in [4.69, 9.17) is 0 Å². The summed E-state index contributed by atoms with van der Waals surface area (Å²) >= 11 is 0. The van der Waals surface area contributed by atoms with Gasteiger partial charge < -0.3 is 4.90 Å². The van der Waals surface area contributed by atoms with Crippen LogP contribution in [0.25, 0.3) is 5.82 Å². The molecule has 0 radical (unpaired) electrons. The molecule has 1 amide bonds. The third kappa shape index (κ3) is 3.37. The van der Waals surface area contributed by atoms with E-state index in [0.29, 0.717) is 18.3 Å². The Balaban J connectivity index is 1.41. The predicted molar refractivity (Wildman–Crippen MR) is 105 cm³/mol. The summed E-state index contributed by atoms with van der Waals surface area (Å²) in [5.74, 6) is 1.23. The van der Waals surface area contributed by atoms with Gasteiger partial charge in [-0.15, -0.1) is 5.10 Å². The van der Waals surface area contributed by atoms with Crippen molar-refractivity contribution in [1.82, 2.24) is 29.4 Å². The zero-order valence-corrected chi connectivity index (χ0v) is 17.0. The molecule has 4 heterocycles. The van der Waals surface area contributed by atoms with E-state index in [-0.39, 0.29) is 23.6 Å². The fraction of sp³-hybridized carbons (Fsp3) is 0.600. The Morgan fingerprint density at radius 1 is 1.14 bits per heavy atom. The molecule has 0 saturated carbocycles. The maximum Gasteiger partial charge on any atom is 0.266 e. The number of hydrogen-bond donors (Lipinski definition) is 0.